The predicted molar refractivity (Wildman–Crippen MR) is 229 cm³/mol. The molecule has 0 heterocycles. The molecule has 0 aliphatic heterocycles. The van der Waals surface area contributed by atoms with E-state index >= 15 is 0 Å². The Hall–Kier alpha value is -4.72. The Morgan fingerprint density at radius 3 is 1.75 bits per heavy atom. The number of halogens is 3. The Labute approximate surface area is 358 Å². The highest BCUT2D eigenvalue weighted by Crippen LogP contribution is 2.33. The molecule has 300 valence electrons. The number of hydrazine groups is 1. The van der Waals surface area contributed by atoms with Crippen molar-refractivity contribution in [1.29, 1.82) is 0 Å². The van der Waals surface area contributed by atoms with Crippen LogP contribution in [0, 0.1) is 0 Å². The van der Waals surface area contributed by atoms with Crippen LogP contribution in [-0.2, 0) is 29.8 Å². The Balaban J connectivity index is 1.49. The second kappa shape index (κ2) is 19.6. The molecule has 0 bridgehead atoms. The third-order valence-electron chi connectivity index (χ3n) is 7.16. The molecule has 2 amide bonds. The maximum atomic E-state index is 13.3. The van der Waals surface area contributed by atoms with E-state index < -0.39 is 47.9 Å². The molecule has 1 unspecified atom stereocenters. The van der Waals surface area contributed by atoms with Crippen LogP contribution in [0.3, 0.4) is 0 Å². The fourth-order valence-corrected chi connectivity index (χ4v) is 7.54. The van der Waals surface area contributed by atoms with Gasteiger partial charge >= 0.3 is 0 Å². The average molecular weight is 1000 g/mol. The van der Waals surface area contributed by atoms with Crippen LogP contribution in [0.2, 0.25) is 5.02 Å². The zero-order valence-corrected chi connectivity index (χ0v) is 35.9. The summed E-state index contributed by atoms with van der Waals surface area (Å²) >= 11 is 22.6. The van der Waals surface area contributed by atoms with Gasteiger partial charge in [-0.25, -0.2) is 22.3 Å². The van der Waals surface area contributed by atoms with Gasteiger partial charge in [0.15, 0.2) is 16.3 Å². The summed E-state index contributed by atoms with van der Waals surface area (Å²) in [7, 11) is -8.63. The van der Waals surface area contributed by atoms with E-state index in [2.05, 4.69) is 74.5 Å². The molecule has 0 aromatic heterocycles. The summed E-state index contributed by atoms with van der Waals surface area (Å²) in [4.78, 5) is 25.0. The van der Waals surface area contributed by atoms with Crippen LogP contribution in [0.5, 0.6) is 5.75 Å². The first-order valence-electron chi connectivity index (χ1n) is 15.5. The minimum Gasteiger partial charge on any atom is -0.744 e. The Kier molecular flexibility index (Phi) is 15.5. The maximum absolute atomic E-state index is 13.3. The molecule has 0 fully saturated rings. The molecule has 4 aromatic rings. The minimum atomic E-state index is -5.14. The maximum Gasteiger partial charge on any atom is 0.272 e. The predicted octanol–water partition coefficient (Wildman–Crippen LogP) is 4.41. The van der Waals surface area contributed by atoms with E-state index in [4.69, 9.17) is 36.0 Å². The van der Waals surface area contributed by atoms with Crippen molar-refractivity contribution in [3.05, 3.63) is 103 Å². The van der Waals surface area contributed by atoms with Gasteiger partial charge in [0, 0.05) is 29.1 Å². The van der Waals surface area contributed by atoms with Crippen LogP contribution in [0.1, 0.15) is 16.7 Å². The number of phenolic OH excluding ortho intramolecular Hbond substituents is 1. The van der Waals surface area contributed by atoms with Crippen molar-refractivity contribution in [1.82, 2.24) is 21.6 Å². The van der Waals surface area contributed by atoms with Crippen molar-refractivity contribution in [2.75, 3.05) is 23.0 Å². The molecule has 0 radical (unpaired) electrons. The van der Waals surface area contributed by atoms with E-state index in [9.17, 15) is 40.6 Å². The van der Waals surface area contributed by atoms with Crippen LogP contribution < -0.4 is 37.5 Å². The van der Waals surface area contributed by atoms with Crippen LogP contribution in [0.15, 0.2) is 96.6 Å². The van der Waals surface area contributed by atoms with Gasteiger partial charge in [-0.3, -0.25) is 20.4 Å². The van der Waals surface area contributed by atoms with E-state index in [0.29, 0.717) is 25.2 Å². The Bertz CT molecular complexity index is 2490. The number of hydrogen-bond acceptors (Lipinski definition) is 13. The minimum absolute atomic E-state index is 0.0255. The molecule has 24 heteroatoms. The molecular formula is C33H27Br2ClN8O9S4-2. The number of nitrogens with zero attached hydrogens (tertiary/aromatic N) is 1. The monoisotopic (exact) mass is 1000 g/mol. The van der Waals surface area contributed by atoms with Gasteiger partial charge in [-0.1, -0.05) is 35.9 Å². The lowest BCUT2D eigenvalue weighted by Crippen LogP contribution is -2.54. The number of hydrogen-bond donors (Lipinski definition) is 8. The van der Waals surface area contributed by atoms with E-state index in [1.807, 2.05) is 0 Å². The summed E-state index contributed by atoms with van der Waals surface area (Å²) in [6, 6.07) is 14.8. The van der Waals surface area contributed by atoms with Crippen molar-refractivity contribution in [3.8, 4) is 5.75 Å². The topological polar surface area (TPSA) is 265 Å². The van der Waals surface area contributed by atoms with E-state index in [1.54, 1.807) is 0 Å². The first kappa shape index (κ1) is 45.0. The van der Waals surface area contributed by atoms with Gasteiger partial charge in [0.25, 0.3) is 11.8 Å². The number of anilines is 3. The Morgan fingerprint density at radius 2 is 1.26 bits per heavy atom. The lowest BCUT2D eigenvalue weighted by Gasteiger charge is -2.19. The third kappa shape index (κ3) is 13.2. The van der Waals surface area contributed by atoms with Gasteiger partial charge in [-0.15, -0.1) is 0 Å². The number of carbonyl (C=O) groups excluding carboxylic acids is 2. The summed E-state index contributed by atoms with van der Waals surface area (Å²) in [6.45, 7) is 0. The van der Waals surface area contributed by atoms with Crippen molar-refractivity contribution in [2.45, 2.75) is 15.8 Å². The van der Waals surface area contributed by atoms with Crippen LogP contribution in [-0.4, -0.2) is 72.4 Å². The van der Waals surface area contributed by atoms with Crippen molar-refractivity contribution in [2.24, 2.45) is 5.10 Å². The highest BCUT2D eigenvalue weighted by molar-refractivity contribution is 9.11. The quantitative estimate of drug-likeness (QED) is 0.0244. The highest BCUT2D eigenvalue weighted by Gasteiger charge is 2.27. The van der Waals surface area contributed by atoms with Gasteiger partial charge in [-0.05, 0) is 134 Å². The second-order valence-electron chi connectivity index (χ2n) is 11.2. The summed E-state index contributed by atoms with van der Waals surface area (Å²) in [5.74, 6) is -1.90. The fourth-order valence-electron chi connectivity index (χ4n) is 4.52. The molecule has 0 saturated heterocycles. The molecule has 8 N–H and O–H groups in total. The number of phenols is 1. The molecule has 57 heavy (non-hydrogen) atoms. The van der Waals surface area contributed by atoms with Gasteiger partial charge in [-0.2, -0.15) is 5.10 Å². The summed E-state index contributed by atoms with van der Waals surface area (Å²) in [5.41, 5.74) is 7.61. The molecule has 4 rings (SSSR count). The van der Waals surface area contributed by atoms with E-state index in [0.717, 1.165) is 24.3 Å². The SMILES string of the molecule is CNC(=S)Nc1ccc(/C=C/c2ccc(NC(=S)NNC(=O)C(Nc3ccc(Cl)cc3)C(=O)N/N=C/c3cc(Br)c(O)c(Br)c3)cc2S(=O)(=O)[O-])c(S(=O)(=O)[O-])c1. The summed E-state index contributed by atoms with van der Waals surface area (Å²) in [5, 5.41) is 24.7. The van der Waals surface area contributed by atoms with Crippen LogP contribution >= 0.6 is 67.9 Å². The first-order chi connectivity index (χ1) is 26.7. The van der Waals surface area contributed by atoms with E-state index in [-0.39, 0.29) is 38.5 Å². The van der Waals surface area contributed by atoms with Gasteiger partial charge in [0.2, 0.25) is 0 Å². The first-order valence-corrected chi connectivity index (χ1v) is 21.1. The molecule has 0 saturated carbocycles. The number of nitrogens with one attached hydrogen (secondary N) is 7. The number of thiocarbonyl (C=S) groups is 2. The van der Waals surface area contributed by atoms with Crippen molar-refractivity contribution in [3.63, 3.8) is 0 Å². The molecule has 1 atom stereocenters. The van der Waals surface area contributed by atoms with Crippen LogP contribution in [0.25, 0.3) is 12.2 Å². The average Bonchev–Trinajstić information content (AvgIpc) is 3.14. The smallest absolute Gasteiger partial charge is 0.272 e. The fraction of sp³-hybridized carbons (Fsp3) is 0.0606. The lowest BCUT2D eigenvalue weighted by molar-refractivity contribution is -0.130. The largest absolute Gasteiger partial charge is 0.744 e. The van der Waals surface area contributed by atoms with Gasteiger partial charge in [0.05, 0.1) is 25.0 Å². The standard InChI is InChI=1S/C33H29Br2ClN8O9S4/c1-37-32(54)40-22-8-4-18(26(14-22)56(48,49)50)2-3-19-5-9-23(15-27(19)57(51,52)53)41-33(55)44-43-31(47)28(39-21-10-6-20(36)7-11-21)30(46)42-38-16-17-12-24(34)29(45)25(35)13-17/h2-16,28,39,45H,1H3,(H,42,46)(H,43,47)(H2,37,40,54)(H2,41,44,55)(H,48,49,50)(H,51,52,53)/p-2/b3-2+,38-16+. The summed E-state index contributed by atoms with van der Waals surface area (Å²) in [6.07, 6.45) is 3.54. The number of hydrazone groups is 1. The van der Waals surface area contributed by atoms with Crippen molar-refractivity contribution < 1.29 is 40.6 Å². The zero-order valence-electron chi connectivity index (χ0n) is 28.7. The third-order valence-corrected chi connectivity index (χ3v) is 10.9. The number of aromatic hydroxyl groups is 1. The van der Waals surface area contributed by atoms with Gasteiger partial charge < -0.3 is 35.5 Å². The normalized spacial score (nSPS) is 12.1. The summed E-state index contributed by atoms with van der Waals surface area (Å²) < 4.78 is 73.5. The Morgan fingerprint density at radius 1 is 0.772 bits per heavy atom. The second-order valence-corrected chi connectivity index (χ2v) is 16.8. The number of rotatable bonds is 12. The van der Waals surface area contributed by atoms with E-state index in [1.165, 1.54) is 73.9 Å². The number of carbonyl (C=O) groups is 2. The molecule has 0 aliphatic carbocycles. The molecular weight excluding hydrogens is 976 g/mol. The number of amides is 2. The molecule has 0 aliphatic rings. The highest BCUT2D eigenvalue weighted by atomic mass is 79.9. The van der Waals surface area contributed by atoms with Crippen molar-refractivity contribution >= 4 is 146 Å². The lowest BCUT2D eigenvalue weighted by atomic mass is 10.1. The van der Waals surface area contributed by atoms with Crippen LogP contribution in [0.4, 0.5) is 17.1 Å². The van der Waals surface area contributed by atoms with Gasteiger partial charge in [0.1, 0.15) is 26.0 Å². The molecule has 17 nitrogen and oxygen atoms in total. The zero-order chi connectivity index (χ0) is 42.1. The molecule has 4 aromatic carbocycles. The number of benzene rings is 4. The molecule has 0 spiro atoms.